The molecule has 0 radical (unpaired) electrons. The fraction of sp³-hybridized carbons (Fsp3) is 0.414. The molecule has 0 aliphatic carbocycles. The molecule has 2 aromatic carbocycles. The Bertz CT molecular complexity index is 1270. The van der Waals surface area contributed by atoms with E-state index in [-0.39, 0.29) is 11.9 Å². The monoisotopic (exact) mass is 520 g/mol. The Balaban J connectivity index is 1.61. The van der Waals surface area contributed by atoms with Crippen LogP contribution in [0.1, 0.15) is 62.5 Å². The molecule has 0 fully saturated rings. The van der Waals surface area contributed by atoms with Crippen molar-refractivity contribution in [3.8, 4) is 11.1 Å². The van der Waals surface area contributed by atoms with Crippen LogP contribution in [-0.2, 0) is 22.7 Å². The van der Waals surface area contributed by atoms with Gasteiger partial charge in [-0.05, 0) is 74.4 Å². The second-order valence-electron chi connectivity index (χ2n) is 9.29. The van der Waals surface area contributed by atoms with Gasteiger partial charge in [0, 0.05) is 23.5 Å². The second-order valence-corrected chi connectivity index (χ2v) is 10.1. The van der Waals surface area contributed by atoms with E-state index < -0.39 is 0 Å². The zero-order valence-corrected chi connectivity index (χ0v) is 23.2. The smallest absolute Gasteiger partial charge is 0.252 e. The SMILES string of the molecule is CCCCC1=NC(C)C(=O)N1Cc1ccc(-c2ccccc2SNc2noc(C)c2C)c(COCC)c1. The lowest BCUT2D eigenvalue weighted by Crippen LogP contribution is -2.34. The summed E-state index contributed by atoms with van der Waals surface area (Å²) in [7, 11) is 0. The summed E-state index contributed by atoms with van der Waals surface area (Å²) >= 11 is 1.51. The summed E-state index contributed by atoms with van der Waals surface area (Å²) in [5, 5.41) is 4.12. The van der Waals surface area contributed by atoms with E-state index in [2.05, 4.69) is 52.1 Å². The highest BCUT2D eigenvalue weighted by molar-refractivity contribution is 8.00. The molecule has 1 unspecified atom stereocenters. The largest absolute Gasteiger partial charge is 0.377 e. The van der Waals surface area contributed by atoms with Crippen LogP contribution in [0.5, 0.6) is 0 Å². The van der Waals surface area contributed by atoms with Crippen LogP contribution < -0.4 is 4.72 Å². The molecule has 2 heterocycles. The van der Waals surface area contributed by atoms with Gasteiger partial charge in [-0.2, -0.15) is 0 Å². The molecule has 1 atom stereocenters. The summed E-state index contributed by atoms with van der Waals surface area (Å²) < 4.78 is 14.5. The van der Waals surface area contributed by atoms with Crippen molar-refractivity contribution in [2.24, 2.45) is 4.99 Å². The summed E-state index contributed by atoms with van der Waals surface area (Å²) in [5.41, 5.74) is 5.37. The molecule has 1 N–H and O–H groups in total. The summed E-state index contributed by atoms with van der Waals surface area (Å²) in [4.78, 5) is 20.4. The number of benzene rings is 2. The topological polar surface area (TPSA) is 80.0 Å². The van der Waals surface area contributed by atoms with Crippen molar-refractivity contribution < 1.29 is 14.1 Å². The maximum absolute atomic E-state index is 12.9. The van der Waals surface area contributed by atoms with E-state index in [1.807, 2.05) is 44.7 Å². The Morgan fingerprint density at radius 2 is 1.95 bits per heavy atom. The lowest BCUT2D eigenvalue weighted by molar-refractivity contribution is -0.127. The molecule has 8 heteroatoms. The van der Waals surface area contributed by atoms with E-state index >= 15 is 0 Å². The van der Waals surface area contributed by atoms with Crippen molar-refractivity contribution in [1.29, 1.82) is 0 Å². The Morgan fingerprint density at radius 1 is 1.14 bits per heavy atom. The van der Waals surface area contributed by atoms with Gasteiger partial charge in [0.25, 0.3) is 5.91 Å². The van der Waals surface area contributed by atoms with E-state index in [0.717, 1.165) is 69.4 Å². The van der Waals surface area contributed by atoms with Gasteiger partial charge in [-0.1, -0.05) is 54.9 Å². The highest BCUT2D eigenvalue weighted by Gasteiger charge is 2.31. The van der Waals surface area contributed by atoms with Crippen molar-refractivity contribution in [1.82, 2.24) is 10.1 Å². The molecule has 0 saturated heterocycles. The van der Waals surface area contributed by atoms with E-state index in [4.69, 9.17) is 9.26 Å². The van der Waals surface area contributed by atoms with Crippen molar-refractivity contribution >= 4 is 29.5 Å². The number of aryl methyl sites for hydroxylation is 1. The molecule has 1 amide bonds. The highest BCUT2D eigenvalue weighted by atomic mass is 32.2. The predicted octanol–water partition coefficient (Wildman–Crippen LogP) is 6.93. The van der Waals surface area contributed by atoms with Crippen molar-refractivity contribution in [2.75, 3.05) is 11.3 Å². The molecule has 1 aliphatic rings. The van der Waals surface area contributed by atoms with Crippen LogP contribution in [0.4, 0.5) is 5.82 Å². The maximum Gasteiger partial charge on any atom is 0.252 e. The number of hydrogen-bond acceptors (Lipinski definition) is 7. The minimum absolute atomic E-state index is 0.0766. The number of rotatable bonds is 12. The molecule has 0 saturated carbocycles. The molecule has 3 aromatic rings. The third kappa shape index (κ3) is 6.25. The average molecular weight is 521 g/mol. The normalized spacial score (nSPS) is 15.4. The Hall–Kier alpha value is -3.10. The number of amidine groups is 1. The highest BCUT2D eigenvalue weighted by Crippen LogP contribution is 2.35. The van der Waals surface area contributed by atoms with Crippen LogP contribution in [0, 0.1) is 13.8 Å². The number of carbonyl (C=O) groups is 1. The number of unbranched alkanes of at least 4 members (excludes halogenated alkanes) is 1. The van der Waals surface area contributed by atoms with E-state index in [1.165, 1.54) is 11.9 Å². The number of nitrogens with zero attached hydrogens (tertiary/aromatic N) is 3. The van der Waals surface area contributed by atoms with Crippen molar-refractivity contribution in [2.45, 2.75) is 78.0 Å². The molecule has 1 aliphatic heterocycles. The van der Waals surface area contributed by atoms with Crippen molar-refractivity contribution in [3.05, 3.63) is 64.9 Å². The van der Waals surface area contributed by atoms with Gasteiger partial charge in [-0.3, -0.25) is 14.7 Å². The summed E-state index contributed by atoms with van der Waals surface area (Å²) in [6.07, 6.45) is 2.93. The van der Waals surface area contributed by atoms with Crippen LogP contribution in [-0.4, -0.2) is 34.4 Å². The lowest BCUT2D eigenvalue weighted by atomic mass is 9.97. The first-order valence-electron chi connectivity index (χ1n) is 13.0. The van der Waals surface area contributed by atoms with E-state index in [0.29, 0.717) is 19.8 Å². The number of aromatic nitrogens is 1. The Labute approximate surface area is 223 Å². The number of hydrogen-bond donors (Lipinski definition) is 1. The second kappa shape index (κ2) is 12.4. The zero-order chi connectivity index (χ0) is 26.4. The maximum atomic E-state index is 12.9. The Morgan fingerprint density at radius 3 is 2.68 bits per heavy atom. The average Bonchev–Trinajstić information content (AvgIpc) is 3.37. The molecule has 1 aromatic heterocycles. The molecule has 0 spiro atoms. The molecular weight excluding hydrogens is 484 g/mol. The first-order chi connectivity index (χ1) is 17.9. The molecule has 37 heavy (non-hydrogen) atoms. The van der Waals surface area contributed by atoms with Crippen molar-refractivity contribution in [3.63, 3.8) is 0 Å². The number of carbonyl (C=O) groups excluding carboxylic acids is 1. The predicted molar refractivity (Wildman–Crippen MR) is 150 cm³/mol. The minimum Gasteiger partial charge on any atom is -0.377 e. The van der Waals surface area contributed by atoms with Gasteiger partial charge in [0.05, 0.1) is 13.2 Å². The molecular formula is C29H36N4O3S. The van der Waals surface area contributed by atoms with Gasteiger partial charge < -0.3 is 14.0 Å². The van der Waals surface area contributed by atoms with Crippen LogP contribution in [0.3, 0.4) is 0 Å². The number of aliphatic imine (C=N–C) groups is 1. The number of amides is 1. The summed E-state index contributed by atoms with van der Waals surface area (Å²) in [6, 6.07) is 14.4. The Kier molecular flexibility index (Phi) is 9.05. The number of ether oxygens (including phenoxy) is 1. The summed E-state index contributed by atoms with van der Waals surface area (Å²) in [5.74, 6) is 2.51. The molecule has 0 bridgehead atoms. The van der Waals surface area contributed by atoms with Crippen LogP contribution in [0.15, 0.2) is 56.9 Å². The summed E-state index contributed by atoms with van der Waals surface area (Å²) in [6.45, 7) is 11.6. The van der Waals surface area contributed by atoms with Gasteiger partial charge >= 0.3 is 0 Å². The van der Waals surface area contributed by atoms with Gasteiger partial charge in [-0.25, -0.2) is 0 Å². The quantitative estimate of drug-likeness (QED) is 0.261. The molecule has 196 valence electrons. The third-order valence-corrected chi connectivity index (χ3v) is 7.47. The fourth-order valence-electron chi connectivity index (χ4n) is 4.32. The van der Waals surface area contributed by atoms with Crippen LogP contribution >= 0.6 is 11.9 Å². The molecule has 4 rings (SSSR count). The number of anilines is 1. The van der Waals surface area contributed by atoms with Gasteiger partial charge in [0.2, 0.25) is 0 Å². The van der Waals surface area contributed by atoms with E-state index in [1.54, 1.807) is 0 Å². The van der Waals surface area contributed by atoms with Crippen LogP contribution in [0.25, 0.3) is 11.1 Å². The van der Waals surface area contributed by atoms with Gasteiger partial charge in [0.1, 0.15) is 17.6 Å². The number of nitrogens with one attached hydrogen (secondary N) is 1. The third-order valence-electron chi connectivity index (χ3n) is 6.60. The first kappa shape index (κ1) is 26.9. The van der Waals surface area contributed by atoms with E-state index in [9.17, 15) is 4.79 Å². The molecule has 7 nitrogen and oxygen atoms in total. The lowest BCUT2D eigenvalue weighted by Gasteiger charge is -2.21. The van der Waals surface area contributed by atoms with Crippen LogP contribution in [0.2, 0.25) is 0 Å². The standard InChI is InChI=1S/C29H36N4O3S/c1-6-8-13-27-30-20(4)29(34)33(27)17-22-14-15-24(23(16-22)18-35-7-2)25-11-9-10-12-26(25)37-32-28-19(3)21(5)36-31-28/h9-12,14-16,20H,6-8,13,17-18H2,1-5H3,(H,31,32). The zero-order valence-electron chi connectivity index (χ0n) is 22.3. The van der Waals surface area contributed by atoms with Gasteiger partial charge in [-0.15, -0.1) is 0 Å². The van der Waals surface area contributed by atoms with Gasteiger partial charge in [0.15, 0.2) is 5.82 Å². The fourth-order valence-corrected chi connectivity index (χ4v) is 5.15. The minimum atomic E-state index is -0.303. The first-order valence-corrected chi connectivity index (χ1v) is 13.8.